The van der Waals surface area contributed by atoms with Crippen LogP contribution in [0.2, 0.25) is 0 Å². The zero-order chi connectivity index (χ0) is 18.0. The van der Waals surface area contributed by atoms with Gasteiger partial charge in [0.1, 0.15) is 16.8 Å². The van der Waals surface area contributed by atoms with E-state index in [2.05, 4.69) is 26.8 Å². The highest BCUT2D eigenvalue weighted by Gasteiger charge is 2.31. The van der Waals surface area contributed by atoms with E-state index in [-0.39, 0.29) is 16.1 Å². The second-order valence-electron chi connectivity index (χ2n) is 7.13. The van der Waals surface area contributed by atoms with Crippen LogP contribution in [-0.4, -0.2) is 11.1 Å². The maximum atomic E-state index is 12.5. The van der Waals surface area contributed by atoms with Crippen molar-refractivity contribution in [3.63, 3.8) is 0 Å². The average Bonchev–Trinajstić information content (AvgIpc) is 2.58. The molecule has 1 aliphatic rings. The highest BCUT2D eigenvalue weighted by Crippen LogP contribution is 2.41. The van der Waals surface area contributed by atoms with Crippen molar-refractivity contribution in [2.45, 2.75) is 43.6 Å². The van der Waals surface area contributed by atoms with Gasteiger partial charge in [-0.15, -0.1) is 0 Å². The number of rotatable bonds is 3. The molecule has 130 valence electrons. The van der Waals surface area contributed by atoms with Crippen LogP contribution in [0.4, 0.5) is 0 Å². The molecule has 4 heteroatoms. The van der Waals surface area contributed by atoms with Crippen molar-refractivity contribution in [3.8, 4) is 0 Å². The Labute approximate surface area is 152 Å². The van der Waals surface area contributed by atoms with E-state index in [0.29, 0.717) is 6.42 Å². The van der Waals surface area contributed by atoms with Crippen molar-refractivity contribution in [2.24, 2.45) is 0 Å². The number of hydrogen-bond donors (Lipinski definition) is 1. The molecule has 0 saturated heterocycles. The molecule has 3 rings (SSSR count). The Bertz CT molecular complexity index is 803. The predicted octanol–water partition coefficient (Wildman–Crippen LogP) is 5.53. The first-order valence-electron chi connectivity index (χ1n) is 8.31. The Morgan fingerprint density at radius 1 is 1.04 bits per heavy atom. The normalized spacial score (nSPS) is 18.2. The zero-order valence-electron chi connectivity index (χ0n) is 14.7. The maximum Gasteiger partial charge on any atom is 0.349 e. The van der Waals surface area contributed by atoms with Gasteiger partial charge in [-0.2, -0.15) is 0 Å². The number of aliphatic hydroxyl groups is 1. The molecule has 0 aliphatic carbocycles. The largest absolute Gasteiger partial charge is 0.511 e. The number of cyclic esters (lactones) is 1. The molecule has 0 amide bonds. The number of thioether (sulfide) groups is 1. The van der Waals surface area contributed by atoms with Crippen LogP contribution in [0.25, 0.3) is 0 Å². The molecule has 0 aromatic heterocycles. The van der Waals surface area contributed by atoms with Crippen molar-refractivity contribution in [3.05, 3.63) is 76.4 Å². The molecule has 1 atom stereocenters. The van der Waals surface area contributed by atoms with E-state index >= 15 is 0 Å². The van der Waals surface area contributed by atoms with Crippen LogP contribution in [0.15, 0.2) is 70.2 Å². The molecule has 1 unspecified atom stereocenters. The lowest BCUT2D eigenvalue weighted by Gasteiger charge is -2.26. The van der Waals surface area contributed by atoms with E-state index < -0.39 is 12.1 Å². The predicted molar refractivity (Wildman–Crippen MR) is 101 cm³/mol. The van der Waals surface area contributed by atoms with Gasteiger partial charge < -0.3 is 9.84 Å². The fourth-order valence-electron chi connectivity index (χ4n) is 2.85. The van der Waals surface area contributed by atoms with Gasteiger partial charge in [0.2, 0.25) is 0 Å². The van der Waals surface area contributed by atoms with Crippen LogP contribution in [0.1, 0.15) is 44.4 Å². The highest BCUT2D eigenvalue weighted by molar-refractivity contribution is 8.04. The van der Waals surface area contributed by atoms with Gasteiger partial charge in [0.05, 0.1) is 0 Å². The van der Waals surface area contributed by atoms with Gasteiger partial charge in [-0.3, -0.25) is 0 Å². The fraction of sp³-hybridized carbons (Fsp3) is 0.286. The number of ether oxygens (including phenoxy) is 1. The van der Waals surface area contributed by atoms with Gasteiger partial charge in [-0.25, -0.2) is 4.79 Å². The summed E-state index contributed by atoms with van der Waals surface area (Å²) in [6, 6.07) is 17.5. The highest BCUT2D eigenvalue weighted by atomic mass is 32.2. The van der Waals surface area contributed by atoms with Crippen LogP contribution >= 0.6 is 11.8 Å². The summed E-state index contributed by atoms with van der Waals surface area (Å²) >= 11 is 1.29. The minimum Gasteiger partial charge on any atom is -0.511 e. The number of hydrogen-bond acceptors (Lipinski definition) is 4. The molecule has 1 aliphatic heterocycles. The van der Waals surface area contributed by atoms with Gasteiger partial charge >= 0.3 is 5.97 Å². The topological polar surface area (TPSA) is 46.5 Å². The zero-order valence-corrected chi connectivity index (χ0v) is 15.5. The molecule has 0 fully saturated rings. The molecule has 0 spiro atoms. The third-order valence-electron chi connectivity index (χ3n) is 4.15. The first kappa shape index (κ1) is 17.6. The quantitative estimate of drug-likeness (QED) is 0.736. The van der Waals surface area contributed by atoms with Crippen LogP contribution in [0, 0.1) is 0 Å². The van der Waals surface area contributed by atoms with E-state index in [4.69, 9.17) is 4.74 Å². The van der Waals surface area contributed by atoms with Crippen molar-refractivity contribution in [2.75, 3.05) is 0 Å². The summed E-state index contributed by atoms with van der Waals surface area (Å²) in [6.45, 7) is 6.39. The molecule has 2 aromatic carbocycles. The fourth-order valence-corrected chi connectivity index (χ4v) is 4.03. The molecule has 25 heavy (non-hydrogen) atoms. The summed E-state index contributed by atoms with van der Waals surface area (Å²) in [7, 11) is 0. The van der Waals surface area contributed by atoms with Gasteiger partial charge in [0, 0.05) is 11.3 Å². The minimum atomic E-state index is -0.466. The van der Waals surface area contributed by atoms with E-state index in [0.717, 1.165) is 16.0 Å². The molecule has 2 aromatic rings. The van der Waals surface area contributed by atoms with Gasteiger partial charge in [0.15, 0.2) is 0 Å². The molecule has 0 saturated carbocycles. The Morgan fingerprint density at radius 2 is 1.68 bits per heavy atom. The van der Waals surface area contributed by atoms with Crippen molar-refractivity contribution in [1.82, 2.24) is 0 Å². The lowest BCUT2D eigenvalue weighted by atomic mass is 9.87. The standard InChI is InChI=1S/C21H22O3S/c1-21(2,3)15-11-7-8-12-18(15)25-19-16(22)13-17(24-20(19)23)14-9-5-4-6-10-14/h4-12,17,22H,13H2,1-3H3. The van der Waals surface area contributed by atoms with Gasteiger partial charge in [-0.05, 0) is 22.6 Å². The van der Waals surface area contributed by atoms with E-state index in [1.807, 2.05) is 48.5 Å². The maximum absolute atomic E-state index is 12.5. The summed E-state index contributed by atoms with van der Waals surface area (Å²) in [5.74, 6) is -0.370. The summed E-state index contributed by atoms with van der Waals surface area (Å²) in [5, 5.41) is 10.5. The molecular weight excluding hydrogens is 332 g/mol. The Kier molecular flexibility index (Phi) is 4.91. The Hall–Kier alpha value is -2.20. The van der Waals surface area contributed by atoms with Gasteiger partial charge in [0.25, 0.3) is 0 Å². The molecule has 1 N–H and O–H groups in total. The smallest absolute Gasteiger partial charge is 0.349 e. The Balaban J connectivity index is 1.88. The second kappa shape index (κ2) is 6.96. The summed E-state index contributed by atoms with van der Waals surface area (Å²) in [6.07, 6.45) is -0.133. The van der Waals surface area contributed by atoms with E-state index in [1.165, 1.54) is 11.8 Å². The molecule has 1 heterocycles. The first-order chi connectivity index (χ1) is 11.9. The summed E-state index contributed by atoms with van der Waals surface area (Å²) < 4.78 is 5.58. The lowest BCUT2D eigenvalue weighted by molar-refractivity contribution is -0.146. The number of esters is 1. The van der Waals surface area contributed by atoms with Gasteiger partial charge in [-0.1, -0.05) is 81.1 Å². The lowest BCUT2D eigenvalue weighted by Crippen LogP contribution is -2.20. The molecular formula is C21H22O3S. The van der Waals surface area contributed by atoms with Crippen molar-refractivity contribution >= 4 is 17.7 Å². The molecule has 0 radical (unpaired) electrons. The van der Waals surface area contributed by atoms with Crippen LogP contribution < -0.4 is 0 Å². The third-order valence-corrected chi connectivity index (χ3v) is 5.34. The van der Waals surface area contributed by atoms with Crippen LogP contribution in [0.3, 0.4) is 0 Å². The van der Waals surface area contributed by atoms with Crippen molar-refractivity contribution in [1.29, 1.82) is 0 Å². The number of carbonyl (C=O) groups excluding carboxylic acids is 1. The van der Waals surface area contributed by atoms with Crippen LogP contribution in [0.5, 0.6) is 0 Å². The third kappa shape index (κ3) is 3.90. The molecule has 0 bridgehead atoms. The van der Waals surface area contributed by atoms with Crippen LogP contribution in [-0.2, 0) is 14.9 Å². The number of benzene rings is 2. The summed E-state index contributed by atoms with van der Waals surface area (Å²) in [5.41, 5.74) is 1.98. The second-order valence-corrected chi connectivity index (χ2v) is 8.18. The monoisotopic (exact) mass is 354 g/mol. The number of aliphatic hydroxyl groups excluding tert-OH is 1. The average molecular weight is 354 g/mol. The SMILES string of the molecule is CC(C)(C)c1ccccc1SC1=C(O)CC(c2ccccc2)OC1=O. The Morgan fingerprint density at radius 3 is 2.32 bits per heavy atom. The van der Waals surface area contributed by atoms with Crippen molar-refractivity contribution < 1.29 is 14.6 Å². The molecule has 3 nitrogen and oxygen atoms in total. The minimum absolute atomic E-state index is 0.0507. The number of carbonyl (C=O) groups is 1. The summed E-state index contributed by atoms with van der Waals surface area (Å²) in [4.78, 5) is 13.7. The van der Waals surface area contributed by atoms with E-state index in [9.17, 15) is 9.90 Å². The van der Waals surface area contributed by atoms with E-state index in [1.54, 1.807) is 0 Å². The first-order valence-corrected chi connectivity index (χ1v) is 9.13.